The average Bonchev–Trinajstić information content (AvgIpc) is 2.70. The summed E-state index contributed by atoms with van der Waals surface area (Å²) >= 11 is 3.17. The first-order valence-corrected chi connectivity index (χ1v) is 10.0. The van der Waals surface area contributed by atoms with E-state index in [1.54, 1.807) is 0 Å². The molecule has 1 aromatic rings. The van der Waals surface area contributed by atoms with E-state index in [1.807, 2.05) is 0 Å². The van der Waals surface area contributed by atoms with Crippen molar-refractivity contribution in [3.8, 4) is 0 Å². The van der Waals surface area contributed by atoms with Crippen LogP contribution in [0.15, 0.2) is 27.6 Å². The molecule has 0 spiro atoms. The Morgan fingerprint density at radius 1 is 1.40 bits per heavy atom. The average molecular weight is 383 g/mol. The van der Waals surface area contributed by atoms with Gasteiger partial charge in [0.2, 0.25) is 10.0 Å². The number of rotatable bonds is 4. The Morgan fingerprint density at radius 3 is 2.65 bits per heavy atom. The third kappa shape index (κ3) is 3.72. The summed E-state index contributed by atoms with van der Waals surface area (Å²) < 4.78 is 49.8. The Balaban J connectivity index is 2.06. The molecule has 1 unspecified atom stereocenters. The molecule has 1 aromatic carbocycles. The van der Waals surface area contributed by atoms with E-state index in [2.05, 4.69) is 20.7 Å². The van der Waals surface area contributed by atoms with Crippen LogP contribution in [0.2, 0.25) is 0 Å². The minimum Gasteiger partial charge on any atom is -0.398 e. The van der Waals surface area contributed by atoms with Gasteiger partial charge in [0.05, 0.1) is 16.4 Å². The zero-order valence-corrected chi connectivity index (χ0v) is 13.8. The number of nitrogens with two attached hydrogens (primary N) is 1. The van der Waals surface area contributed by atoms with Gasteiger partial charge in [-0.2, -0.15) is 0 Å². The fourth-order valence-electron chi connectivity index (χ4n) is 2.02. The molecule has 0 radical (unpaired) electrons. The van der Waals surface area contributed by atoms with E-state index in [0.29, 0.717) is 16.6 Å². The van der Waals surface area contributed by atoms with Crippen molar-refractivity contribution >= 4 is 41.5 Å². The third-order valence-corrected chi connectivity index (χ3v) is 7.12. The van der Waals surface area contributed by atoms with Crippen LogP contribution >= 0.6 is 15.9 Å². The molecule has 1 heterocycles. The molecule has 20 heavy (non-hydrogen) atoms. The minimum absolute atomic E-state index is 0.0426. The van der Waals surface area contributed by atoms with E-state index in [9.17, 15) is 16.8 Å². The predicted molar refractivity (Wildman–Crippen MR) is 80.5 cm³/mol. The minimum atomic E-state index is -3.65. The molecular formula is C11H15BrN2O4S2. The lowest BCUT2D eigenvalue weighted by Gasteiger charge is -2.11. The predicted octanol–water partition coefficient (Wildman–Crippen LogP) is 0.744. The number of nitrogen functional groups attached to an aromatic ring is 1. The number of nitrogens with one attached hydrogen (secondary N) is 1. The maximum Gasteiger partial charge on any atom is 0.240 e. The van der Waals surface area contributed by atoms with Gasteiger partial charge in [-0.05, 0) is 46.5 Å². The number of sulfone groups is 1. The van der Waals surface area contributed by atoms with E-state index in [-0.39, 0.29) is 28.9 Å². The molecule has 0 aliphatic carbocycles. The summed E-state index contributed by atoms with van der Waals surface area (Å²) in [6.07, 6.45) is 0.496. The molecular weight excluding hydrogens is 368 g/mol. The first-order valence-electron chi connectivity index (χ1n) is 5.95. The van der Waals surface area contributed by atoms with Crippen LogP contribution in [0.4, 0.5) is 5.69 Å². The lowest BCUT2D eigenvalue weighted by atomic mass is 10.1. The molecule has 2 rings (SSSR count). The maximum absolute atomic E-state index is 12.1. The van der Waals surface area contributed by atoms with Crippen LogP contribution < -0.4 is 10.5 Å². The highest BCUT2D eigenvalue weighted by molar-refractivity contribution is 9.10. The van der Waals surface area contributed by atoms with Crippen molar-refractivity contribution in [3.05, 3.63) is 22.7 Å². The lowest BCUT2D eigenvalue weighted by molar-refractivity contribution is 0.543. The van der Waals surface area contributed by atoms with Gasteiger partial charge >= 0.3 is 0 Å². The summed E-state index contributed by atoms with van der Waals surface area (Å²) in [4.78, 5) is 0.0967. The summed E-state index contributed by atoms with van der Waals surface area (Å²) in [5.41, 5.74) is 6.06. The van der Waals surface area contributed by atoms with Gasteiger partial charge in [0.25, 0.3) is 0 Å². The van der Waals surface area contributed by atoms with Gasteiger partial charge in [-0.15, -0.1) is 0 Å². The van der Waals surface area contributed by atoms with E-state index in [0.717, 1.165) is 0 Å². The Labute approximate surface area is 126 Å². The highest BCUT2D eigenvalue weighted by Gasteiger charge is 2.29. The van der Waals surface area contributed by atoms with Gasteiger partial charge in [0.15, 0.2) is 9.84 Å². The van der Waals surface area contributed by atoms with E-state index >= 15 is 0 Å². The maximum atomic E-state index is 12.1. The lowest BCUT2D eigenvalue weighted by Crippen LogP contribution is -2.30. The van der Waals surface area contributed by atoms with Crippen molar-refractivity contribution in [2.75, 3.05) is 23.8 Å². The smallest absolute Gasteiger partial charge is 0.240 e. The number of benzene rings is 1. The monoisotopic (exact) mass is 382 g/mol. The van der Waals surface area contributed by atoms with Gasteiger partial charge in [-0.3, -0.25) is 0 Å². The standard InChI is InChI=1S/C11H15BrN2O4S2/c12-10-5-9(1-2-11(10)13)20(17,18)14-6-8-3-4-19(15,16)7-8/h1-2,5,8,14H,3-4,6-7,13H2. The Hall–Kier alpha value is -0.640. The van der Waals surface area contributed by atoms with Crippen LogP contribution in [0.25, 0.3) is 0 Å². The Bertz CT molecular complexity index is 716. The number of sulfonamides is 1. The molecule has 112 valence electrons. The van der Waals surface area contributed by atoms with Crippen LogP contribution in [0, 0.1) is 5.92 Å². The SMILES string of the molecule is Nc1ccc(S(=O)(=O)NCC2CCS(=O)(=O)C2)cc1Br. The Kier molecular flexibility index (Phi) is 4.43. The number of hydrogen-bond acceptors (Lipinski definition) is 5. The van der Waals surface area contributed by atoms with Gasteiger partial charge < -0.3 is 5.73 Å². The molecule has 1 aliphatic heterocycles. The summed E-state index contributed by atoms with van der Waals surface area (Å²) in [5, 5.41) is 0. The van der Waals surface area contributed by atoms with Crippen molar-refractivity contribution in [1.82, 2.24) is 4.72 Å². The summed E-state index contributed by atoms with van der Waals surface area (Å²) in [5.74, 6) is 0.0142. The van der Waals surface area contributed by atoms with Crippen LogP contribution in [-0.4, -0.2) is 34.9 Å². The van der Waals surface area contributed by atoms with E-state index < -0.39 is 19.9 Å². The summed E-state index contributed by atoms with van der Waals surface area (Å²) in [7, 11) is -6.65. The second kappa shape index (κ2) is 5.63. The fourth-order valence-corrected chi connectivity index (χ4v) is 5.55. The van der Waals surface area contributed by atoms with Crippen LogP contribution in [0.3, 0.4) is 0 Å². The van der Waals surface area contributed by atoms with Gasteiger partial charge in [-0.1, -0.05) is 0 Å². The highest BCUT2D eigenvalue weighted by atomic mass is 79.9. The van der Waals surface area contributed by atoms with Crippen molar-refractivity contribution < 1.29 is 16.8 Å². The first-order chi connectivity index (χ1) is 9.20. The van der Waals surface area contributed by atoms with Crippen LogP contribution in [-0.2, 0) is 19.9 Å². The highest BCUT2D eigenvalue weighted by Crippen LogP contribution is 2.23. The zero-order valence-electron chi connectivity index (χ0n) is 10.5. The van der Waals surface area contributed by atoms with Gasteiger partial charge in [0.1, 0.15) is 0 Å². The molecule has 3 N–H and O–H groups in total. The van der Waals surface area contributed by atoms with Gasteiger partial charge in [0, 0.05) is 16.7 Å². The molecule has 1 saturated heterocycles. The number of hydrogen-bond donors (Lipinski definition) is 2. The molecule has 0 saturated carbocycles. The van der Waals surface area contributed by atoms with Gasteiger partial charge in [-0.25, -0.2) is 21.6 Å². The van der Waals surface area contributed by atoms with Crippen LogP contribution in [0.5, 0.6) is 0 Å². The number of anilines is 1. The molecule has 0 amide bonds. The van der Waals surface area contributed by atoms with Crippen molar-refractivity contribution in [2.45, 2.75) is 11.3 Å². The largest absolute Gasteiger partial charge is 0.398 e. The summed E-state index contributed by atoms with van der Waals surface area (Å²) in [6, 6.07) is 4.33. The van der Waals surface area contributed by atoms with E-state index in [1.165, 1.54) is 18.2 Å². The van der Waals surface area contributed by atoms with Crippen molar-refractivity contribution in [2.24, 2.45) is 5.92 Å². The second-order valence-corrected chi connectivity index (χ2v) is 9.65. The second-order valence-electron chi connectivity index (χ2n) is 4.80. The number of halogens is 1. The normalized spacial score (nSPS) is 21.9. The molecule has 9 heteroatoms. The van der Waals surface area contributed by atoms with E-state index in [4.69, 9.17) is 5.73 Å². The summed E-state index contributed by atoms with van der Waals surface area (Å²) in [6.45, 7) is 0.129. The fraction of sp³-hybridized carbons (Fsp3) is 0.455. The van der Waals surface area contributed by atoms with Crippen molar-refractivity contribution in [1.29, 1.82) is 0 Å². The molecule has 1 atom stereocenters. The van der Waals surface area contributed by atoms with Crippen molar-refractivity contribution in [3.63, 3.8) is 0 Å². The third-order valence-electron chi connectivity index (χ3n) is 3.17. The van der Waals surface area contributed by atoms with Crippen LogP contribution in [0.1, 0.15) is 6.42 Å². The molecule has 0 aromatic heterocycles. The zero-order chi connectivity index (χ0) is 15.0. The molecule has 1 fully saturated rings. The Morgan fingerprint density at radius 2 is 2.10 bits per heavy atom. The molecule has 0 bridgehead atoms. The topological polar surface area (TPSA) is 106 Å². The molecule has 6 nitrogen and oxygen atoms in total. The first kappa shape index (κ1) is 15.7. The molecule has 1 aliphatic rings. The quantitative estimate of drug-likeness (QED) is 0.747.